The fraction of sp³-hybridized carbons (Fsp3) is 0.667. The maximum absolute atomic E-state index is 11.1. The fourth-order valence-corrected chi connectivity index (χ4v) is 0.699. The Labute approximate surface area is 69.6 Å². The van der Waals surface area contributed by atoms with Gasteiger partial charge in [-0.15, -0.1) is 0 Å². The quantitative estimate of drug-likeness (QED) is 0.482. The first-order valence-electron chi connectivity index (χ1n) is 3.52. The predicted molar refractivity (Wildman–Crippen MR) is 39.8 cm³/mol. The number of primary amides is 1. The summed E-state index contributed by atoms with van der Waals surface area (Å²) in [6.45, 7) is 0.830. The molecular formula is C6H11N3O3. The van der Waals surface area contributed by atoms with Crippen LogP contribution >= 0.6 is 0 Å². The molecule has 0 unspecified atom stereocenters. The molecule has 0 aromatic heterocycles. The smallest absolute Gasteiger partial charge is 0.333 e. The largest absolute Gasteiger partial charge is 0.380 e. The van der Waals surface area contributed by atoms with Gasteiger partial charge in [0.2, 0.25) is 5.91 Å². The Morgan fingerprint density at radius 1 is 1.58 bits per heavy atom. The number of hydrogen-bond donors (Lipinski definition) is 2. The van der Waals surface area contributed by atoms with Gasteiger partial charge in [0.1, 0.15) is 0 Å². The highest BCUT2D eigenvalue weighted by atomic mass is 16.5. The summed E-state index contributed by atoms with van der Waals surface area (Å²) in [6.07, 6.45) is 0. The van der Waals surface area contributed by atoms with Crippen molar-refractivity contribution in [1.29, 1.82) is 0 Å². The second-order valence-corrected chi connectivity index (χ2v) is 2.61. The molecule has 3 N–H and O–H groups in total. The molecule has 1 heterocycles. The number of ether oxygens (including phenoxy) is 1. The van der Waals surface area contributed by atoms with Crippen molar-refractivity contribution in [3.63, 3.8) is 0 Å². The van der Waals surface area contributed by atoms with Crippen LogP contribution in [0.4, 0.5) is 4.79 Å². The molecule has 1 rings (SSSR count). The Hall–Kier alpha value is -1.30. The third kappa shape index (κ3) is 1.85. The lowest BCUT2D eigenvalue weighted by molar-refractivity contribution is -0.142. The molecule has 6 heteroatoms. The average molecular weight is 173 g/mol. The molecule has 0 spiro atoms. The lowest BCUT2D eigenvalue weighted by Crippen LogP contribution is -2.51. The Kier molecular flexibility index (Phi) is 2.49. The number of nitrogens with two attached hydrogens (primary N) is 1. The SMILES string of the molecule is CN(NC(=O)C1COC1)C(N)=O. The summed E-state index contributed by atoms with van der Waals surface area (Å²) in [7, 11) is 1.39. The summed E-state index contributed by atoms with van der Waals surface area (Å²) in [5, 5.41) is 0.945. The van der Waals surface area contributed by atoms with Crippen LogP contribution in [0.15, 0.2) is 0 Å². The van der Waals surface area contributed by atoms with E-state index in [-0.39, 0.29) is 11.8 Å². The highest BCUT2D eigenvalue weighted by Gasteiger charge is 2.27. The first-order valence-corrected chi connectivity index (χ1v) is 3.52. The molecule has 6 nitrogen and oxygen atoms in total. The molecule has 0 atom stereocenters. The fourth-order valence-electron chi connectivity index (χ4n) is 0.699. The summed E-state index contributed by atoms with van der Waals surface area (Å²) < 4.78 is 4.80. The minimum Gasteiger partial charge on any atom is -0.380 e. The van der Waals surface area contributed by atoms with Crippen LogP contribution in [0.2, 0.25) is 0 Å². The number of rotatable bonds is 1. The average Bonchev–Trinajstić information content (AvgIpc) is 1.82. The molecule has 0 bridgehead atoms. The van der Waals surface area contributed by atoms with Crippen molar-refractivity contribution in [3.05, 3.63) is 0 Å². The molecule has 1 saturated heterocycles. The maximum Gasteiger partial charge on any atom is 0.333 e. The van der Waals surface area contributed by atoms with E-state index in [1.165, 1.54) is 7.05 Å². The van der Waals surface area contributed by atoms with Crippen LogP contribution in [-0.2, 0) is 9.53 Å². The molecule has 0 aliphatic carbocycles. The third-order valence-electron chi connectivity index (χ3n) is 1.62. The molecule has 68 valence electrons. The van der Waals surface area contributed by atoms with Gasteiger partial charge in [-0.2, -0.15) is 0 Å². The van der Waals surface area contributed by atoms with Gasteiger partial charge < -0.3 is 10.5 Å². The van der Waals surface area contributed by atoms with Crippen LogP contribution in [0.3, 0.4) is 0 Å². The van der Waals surface area contributed by atoms with Crippen LogP contribution in [0, 0.1) is 5.92 Å². The lowest BCUT2D eigenvalue weighted by Gasteiger charge is -2.26. The van der Waals surface area contributed by atoms with Gasteiger partial charge in [0.05, 0.1) is 19.1 Å². The van der Waals surface area contributed by atoms with Crippen LogP contribution in [0.1, 0.15) is 0 Å². The maximum atomic E-state index is 11.1. The molecule has 0 radical (unpaired) electrons. The van der Waals surface area contributed by atoms with Gasteiger partial charge in [0.15, 0.2) is 0 Å². The van der Waals surface area contributed by atoms with Crippen LogP contribution in [0.5, 0.6) is 0 Å². The van der Waals surface area contributed by atoms with E-state index in [2.05, 4.69) is 5.43 Å². The molecule has 0 saturated carbocycles. The van der Waals surface area contributed by atoms with Crippen molar-refractivity contribution in [2.45, 2.75) is 0 Å². The highest BCUT2D eigenvalue weighted by molar-refractivity contribution is 5.82. The zero-order valence-corrected chi connectivity index (χ0v) is 6.74. The Balaban J connectivity index is 2.29. The number of nitrogens with one attached hydrogen (secondary N) is 1. The molecule has 12 heavy (non-hydrogen) atoms. The van der Waals surface area contributed by atoms with Crippen LogP contribution in [0.25, 0.3) is 0 Å². The van der Waals surface area contributed by atoms with Crippen molar-refractivity contribution in [1.82, 2.24) is 10.4 Å². The summed E-state index contributed by atoms with van der Waals surface area (Å²) in [4.78, 5) is 21.6. The van der Waals surface area contributed by atoms with Crippen molar-refractivity contribution in [2.75, 3.05) is 20.3 Å². The van der Waals surface area contributed by atoms with E-state index in [0.717, 1.165) is 5.01 Å². The second-order valence-electron chi connectivity index (χ2n) is 2.61. The first kappa shape index (κ1) is 8.79. The number of hydrogen-bond acceptors (Lipinski definition) is 3. The number of carbonyl (C=O) groups is 2. The van der Waals surface area contributed by atoms with E-state index in [9.17, 15) is 9.59 Å². The zero-order valence-electron chi connectivity index (χ0n) is 6.74. The van der Waals surface area contributed by atoms with Crippen LogP contribution in [-0.4, -0.2) is 37.2 Å². The van der Waals surface area contributed by atoms with Crippen LogP contribution < -0.4 is 11.2 Å². The standard InChI is InChI=1S/C6H11N3O3/c1-9(6(7)11)8-5(10)4-2-12-3-4/h4H,2-3H2,1H3,(H2,7,11)(H,8,10). The summed E-state index contributed by atoms with van der Waals surface area (Å²) in [5.41, 5.74) is 7.21. The number of nitrogens with zero attached hydrogens (tertiary/aromatic N) is 1. The van der Waals surface area contributed by atoms with Gasteiger partial charge in [-0.25, -0.2) is 9.80 Å². The minimum atomic E-state index is -0.691. The topological polar surface area (TPSA) is 84.7 Å². The Morgan fingerprint density at radius 3 is 2.50 bits per heavy atom. The Morgan fingerprint density at radius 2 is 2.17 bits per heavy atom. The third-order valence-corrected chi connectivity index (χ3v) is 1.62. The molecule has 0 aromatic rings. The predicted octanol–water partition coefficient (Wildman–Crippen LogP) is -1.33. The van der Waals surface area contributed by atoms with Crippen molar-refractivity contribution < 1.29 is 14.3 Å². The molecule has 1 fully saturated rings. The van der Waals surface area contributed by atoms with E-state index in [1.54, 1.807) is 0 Å². The lowest BCUT2D eigenvalue weighted by atomic mass is 10.1. The van der Waals surface area contributed by atoms with Crippen molar-refractivity contribution >= 4 is 11.9 Å². The summed E-state index contributed by atoms with van der Waals surface area (Å²) in [5.74, 6) is -0.380. The zero-order chi connectivity index (χ0) is 9.14. The van der Waals surface area contributed by atoms with E-state index in [0.29, 0.717) is 13.2 Å². The van der Waals surface area contributed by atoms with Gasteiger partial charge in [-0.1, -0.05) is 0 Å². The van der Waals surface area contributed by atoms with Crippen molar-refractivity contribution in [2.24, 2.45) is 11.7 Å². The number of hydrazine groups is 1. The Bertz CT molecular complexity index is 202. The van der Waals surface area contributed by atoms with Gasteiger partial charge in [-0.3, -0.25) is 10.2 Å². The van der Waals surface area contributed by atoms with Crippen molar-refractivity contribution in [3.8, 4) is 0 Å². The van der Waals surface area contributed by atoms with E-state index in [4.69, 9.17) is 10.5 Å². The number of amides is 3. The van der Waals surface area contributed by atoms with Gasteiger partial charge in [0, 0.05) is 7.05 Å². The molecule has 1 aliphatic rings. The van der Waals surface area contributed by atoms with Gasteiger partial charge in [-0.05, 0) is 0 Å². The highest BCUT2D eigenvalue weighted by Crippen LogP contribution is 2.09. The number of urea groups is 1. The molecular weight excluding hydrogens is 162 g/mol. The monoisotopic (exact) mass is 173 g/mol. The summed E-state index contributed by atoms with van der Waals surface area (Å²) in [6, 6.07) is -0.691. The normalized spacial score (nSPS) is 16.4. The van der Waals surface area contributed by atoms with E-state index < -0.39 is 6.03 Å². The summed E-state index contributed by atoms with van der Waals surface area (Å²) >= 11 is 0. The molecule has 0 aromatic carbocycles. The van der Waals surface area contributed by atoms with Gasteiger partial charge >= 0.3 is 6.03 Å². The molecule has 3 amide bonds. The first-order chi connectivity index (χ1) is 5.61. The number of carbonyl (C=O) groups excluding carboxylic acids is 2. The van der Waals surface area contributed by atoms with E-state index >= 15 is 0 Å². The van der Waals surface area contributed by atoms with Gasteiger partial charge in [0.25, 0.3) is 0 Å². The minimum absolute atomic E-state index is 0.146. The molecule has 1 aliphatic heterocycles. The second kappa shape index (κ2) is 3.40. The van der Waals surface area contributed by atoms with E-state index in [1.807, 2.05) is 0 Å².